The second kappa shape index (κ2) is 7.70. The van der Waals surface area contributed by atoms with Gasteiger partial charge in [-0.15, -0.1) is 0 Å². The molecule has 2 saturated heterocycles. The van der Waals surface area contributed by atoms with Gasteiger partial charge in [0.1, 0.15) is 5.76 Å². The second-order valence-electron chi connectivity index (χ2n) is 8.09. The summed E-state index contributed by atoms with van der Waals surface area (Å²) < 4.78 is 5.27. The fourth-order valence-corrected chi connectivity index (χ4v) is 4.61. The summed E-state index contributed by atoms with van der Waals surface area (Å²) in [5.41, 5.74) is 1.18. The van der Waals surface area contributed by atoms with E-state index in [0.29, 0.717) is 19.6 Å². The molecule has 2 aliphatic rings. The average molecular weight is 381 g/mol. The van der Waals surface area contributed by atoms with Crippen LogP contribution in [0.15, 0.2) is 53.1 Å². The molecule has 28 heavy (non-hydrogen) atoms. The zero-order valence-electron chi connectivity index (χ0n) is 16.3. The molecule has 2 fully saturated rings. The van der Waals surface area contributed by atoms with Crippen molar-refractivity contribution in [2.75, 3.05) is 26.7 Å². The summed E-state index contributed by atoms with van der Waals surface area (Å²) in [6.07, 6.45) is 4.31. The van der Waals surface area contributed by atoms with Gasteiger partial charge < -0.3 is 19.5 Å². The van der Waals surface area contributed by atoms with E-state index in [2.05, 4.69) is 5.32 Å². The number of carbonyl (C=O) groups is 2. The Morgan fingerprint density at radius 1 is 1.18 bits per heavy atom. The molecule has 1 N–H and O–H groups in total. The molecule has 2 aromatic rings. The number of carbonyl (C=O) groups excluding carboxylic acids is 2. The Hall–Kier alpha value is -2.76. The summed E-state index contributed by atoms with van der Waals surface area (Å²) in [4.78, 5) is 29.0. The molecule has 0 bridgehead atoms. The lowest BCUT2D eigenvalue weighted by Crippen LogP contribution is -2.54. The van der Waals surface area contributed by atoms with Crippen LogP contribution in [0.25, 0.3) is 0 Å². The topological polar surface area (TPSA) is 65.8 Å². The molecule has 1 aromatic carbocycles. The number of likely N-dealkylation sites (tertiary alicyclic amines) is 2. The third-order valence-corrected chi connectivity index (χ3v) is 6.19. The lowest BCUT2D eigenvalue weighted by Gasteiger charge is -2.49. The van der Waals surface area contributed by atoms with Crippen molar-refractivity contribution in [3.63, 3.8) is 0 Å². The molecule has 0 saturated carbocycles. The van der Waals surface area contributed by atoms with E-state index >= 15 is 0 Å². The van der Waals surface area contributed by atoms with Crippen molar-refractivity contribution < 1.29 is 14.0 Å². The number of likely N-dealkylation sites (N-methyl/N-ethyl adjacent to an activating group) is 1. The maximum atomic E-state index is 12.8. The quantitative estimate of drug-likeness (QED) is 0.888. The normalized spacial score (nSPS) is 21.8. The molecule has 0 radical (unpaired) electrons. The first-order chi connectivity index (χ1) is 13.6. The van der Waals surface area contributed by atoms with Gasteiger partial charge in [-0.2, -0.15) is 0 Å². The van der Waals surface area contributed by atoms with Crippen LogP contribution in [0.1, 0.15) is 36.5 Å². The number of hydrogen-bond donors (Lipinski definition) is 1. The Balaban J connectivity index is 1.38. The van der Waals surface area contributed by atoms with Crippen molar-refractivity contribution in [1.82, 2.24) is 15.1 Å². The first-order valence-electron chi connectivity index (χ1n) is 9.91. The zero-order valence-corrected chi connectivity index (χ0v) is 16.3. The standard InChI is InChI=1S/C22H27N3O3/c1-24-16-22(14-19(20(24)26)17-6-3-2-4-7-17)9-11-25(12-10-22)21(27)23-15-18-8-5-13-28-18/h2-8,13,19H,9-12,14-16H2,1H3,(H,23,27)/t19-/m0/s1. The summed E-state index contributed by atoms with van der Waals surface area (Å²) in [5.74, 6) is 0.870. The number of furan rings is 1. The third kappa shape index (κ3) is 3.77. The maximum absolute atomic E-state index is 12.8. The van der Waals surface area contributed by atoms with Gasteiger partial charge in [0.05, 0.1) is 18.7 Å². The largest absolute Gasteiger partial charge is 0.467 e. The van der Waals surface area contributed by atoms with Crippen molar-refractivity contribution >= 4 is 11.9 Å². The Morgan fingerprint density at radius 3 is 2.61 bits per heavy atom. The van der Waals surface area contributed by atoms with Crippen LogP contribution in [-0.2, 0) is 11.3 Å². The molecule has 4 rings (SSSR count). The van der Waals surface area contributed by atoms with Gasteiger partial charge in [-0.3, -0.25) is 4.79 Å². The molecule has 6 nitrogen and oxygen atoms in total. The van der Waals surface area contributed by atoms with Crippen molar-refractivity contribution in [2.24, 2.45) is 5.41 Å². The summed E-state index contributed by atoms with van der Waals surface area (Å²) in [7, 11) is 1.90. The maximum Gasteiger partial charge on any atom is 0.317 e. The van der Waals surface area contributed by atoms with Gasteiger partial charge in [0.15, 0.2) is 0 Å². The first-order valence-corrected chi connectivity index (χ1v) is 9.91. The highest BCUT2D eigenvalue weighted by Crippen LogP contribution is 2.45. The molecule has 0 unspecified atom stereocenters. The molecular formula is C22H27N3O3. The van der Waals surface area contributed by atoms with Gasteiger partial charge >= 0.3 is 6.03 Å². The van der Waals surface area contributed by atoms with Crippen LogP contribution in [0, 0.1) is 5.41 Å². The van der Waals surface area contributed by atoms with Crippen molar-refractivity contribution in [3.8, 4) is 0 Å². The highest BCUT2D eigenvalue weighted by atomic mass is 16.3. The Labute approximate surface area is 165 Å². The molecule has 2 aliphatic heterocycles. The molecule has 3 amide bonds. The summed E-state index contributed by atoms with van der Waals surface area (Å²) >= 11 is 0. The van der Waals surface area contributed by atoms with E-state index in [4.69, 9.17) is 4.42 Å². The molecular weight excluding hydrogens is 354 g/mol. The van der Waals surface area contributed by atoms with Gasteiger partial charge in [-0.1, -0.05) is 30.3 Å². The molecule has 1 atom stereocenters. The minimum absolute atomic E-state index is 0.0499. The number of amides is 3. The van der Waals surface area contributed by atoms with E-state index in [1.807, 2.05) is 59.3 Å². The third-order valence-electron chi connectivity index (χ3n) is 6.19. The van der Waals surface area contributed by atoms with Crippen LogP contribution >= 0.6 is 0 Å². The van der Waals surface area contributed by atoms with Crippen molar-refractivity contribution in [2.45, 2.75) is 31.7 Å². The number of nitrogens with zero attached hydrogens (tertiary/aromatic N) is 2. The predicted octanol–water partition coefficient (Wildman–Crippen LogP) is 3.22. The minimum atomic E-state index is -0.0840. The van der Waals surface area contributed by atoms with E-state index in [0.717, 1.165) is 37.1 Å². The zero-order chi connectivity index (χ0) is 19.6. The predicted molar refractivity (Wildman–Crippen MR) is 106 cm³/mol. The Morgan fingerprint density at radius 2 is 1.93 bits per heavy atom. The lowest BCUT2D eigenvalue weighted by atomic mass is 9.68. The van der Waals surface area contributed by atoms with Crippen LogP contribution in [0.2, 0.25) is 0 Å². The number of nitrogens with one attached hydrogen (secondary N) is 1. The lowest BCUT2D eigenvalue weighted by molar-refractivity contribution is -0.139. The Kier molecular flexibility index (Phi) is 5.11. The van der Waals surface area contributed by atoms with Crippen LogP contribution in [-0.4, -0.2) is 48.4 Å². The number of urea groups is 1. The van der Waals surface area contributed by atoms with Gasteiger partial charge in [-0.25, -0.2) is 4.79 Å². The number of hydrogen-bond acceptors (Lipinski definition) is 3. The molecule has 1 spiro atoms. The van der Waals surface area contributed by atoms with E-state index in [9.17, 15) is 9.59 Å². The van der Waals surface area contributed by atoms with Crippen LogP contribution < -0.4 is 5.32 Å². The Bertz CT molecular complexity index is 811. The van der Waals surface area contributed by atoms with Crippen molar-refractivity contribution in [3.05, 3.63) is 60.1 Å². The molecule has 3 heterocycles. The monoisotopic (exact) mass is 381 g/mol. The summed E-state index contributed by atoms with van der Waals surface area (Å²) in [6, 6.07) is 13.7. The average Bonchev–Trinajstić information content (AvgIpc) is 3.24. The number of rotatable bonds is 3. The highest BCUT2D eigenvalue weighted by Gasteiger charge is 2.45. The van der Waals surface area contributed by atoms with Crippen LogP contribution in [0.3, 0.4) is 0 Å². The van der Waals surface area contributed by atoms with E-state index < -0.39 is 0 Å². The summed E-state index contributed by atoms with van der Waals surface area (Å²) in [6.45, 7) is 2.61. The molecule has 148 valence electrons. The molecule has 0 aliphatic carbocycles. The van der Waals surface area contributed by atoms with E-state index in [1.165, 1.54) is 0 Å². The van der Waals surface area contributed by atoms with E-state index in [1.54, 1.807) is 6.26 Å². The SMILES string of the molecule is CN1CC2(CCN(C(=O)NCc3ccco3)CC2)C[C@@H](c2ccccc2)C1=O. The molecule has 1 aromatic heterocycles. The van der Waals surface area contributed by atoms with Gasteiger partial charge in [0.2, 0.25) is 5.91 Å². The summed E-state index contributed by atoms with van der Waals surface area (Å²) in [5, 5.41) is 2.93. The van der Waals surface area contributed by atoms with Gasteiger partial charge in [-0.05, 0) is 42.4 Å². The smallest absolute Gasteiger partial charge is 0.317 e. The second-order valence-corrected chi connectivity index (χ2v) is 8.09. The first kappa shape index (κ1) is 18.6. The van der Waals surface area contributed by atoms with E-state index in [-0.39, 0.29) is 23.3 Å². The fraction of sp³-hybridized carbons (Fsp3) is 0.455. The van der Waals surface area contributed by atoms with Gasteiger partial charge in [0.25, 0.3) is 0 Å². The molecule has 6 heteroatoms. The fourth-order valence-electron chi connectivity index (χ4n) is 4.61. The van der Waals surface area contributed by atoms with Crippen LogP contribution in [0.4, 0.5) is 4.79 Å². The van der Waals surface area contributed by atoms with Crippen molar-refractivity contribution in [1.29, 1.82) is 0 Å². The minimum Gasteiger partial charge on any atom is -0.467 e. The van der Waals surface area contributed by atoms with Crippen LogP contribution in [0.5, 0.6) is 0 Å². The number of benzene rings is 1. The number of piperidine rings is 2. The highest BCUT2D eigenvalue weighted by molar-refractivity contribution is 5.84. The van der Waals surface area contributed by atoms with Gasteiger partial charge in [0, 0.05) is 26.7 Å².